The molecule has 0 heterocycles. The molecule has 0 aliphatic rings. The molecule has 0 spiro atoms. The van der Waals surface area contributed by atoms with Crippen molar-refractivity contribution in [1.82, 2.24) is 0 Å². The molecule has 2 nitrogen and oxygen atoms in total. The molecule has 0 fully saturated rings. The summed E-state index contributed by atoms with van der Waals surface area (Å²) in [6.45, 7) is 0. The lowest BCUT2D eigenvalue weighted by atomic mass is 10.0. The zero-order chi connectivity index (χ0) is 14.0. The van der Waals surface area contributed by atoms with Crippen LogP contribution >= 0.6 is 43.5 Å². The highest BCUT2D eigenvalue weighted by Crippen LogP contribution is 2.34. The van der Waals surface area contributed by atoms with Gasteiger partial charge in [-0.05, 0) is 42.0 Å². The predicted octanol–water partition coefficient (Wildman–Crippen LogP) is 4.96. The van der Waals surface area contributed by atoms with E-state index in [4.69, 9.17) is 16.3 Å². The molecular formula is C14H11Br2ClO2. The number of hydrogen-bond acceptors (Lipinski definition) is 2. The van der Waals surface area contributed by atoms with Gasteiger partial charge in [0.15, 0.2) is 0 Å². The minimum Gasteiger partial charge on any atom is -0.496 e. The van der Waals surface area contributed by atoms with Gasteiger partial charge in [-0.3, -0.25) is 0 Å². The molecule has 0 aliphatic heterocycles. The van der Waals surface area contributed by atoms with E-state index in [1.165, 1.54) is 0 Å². The molecule has 1 unspecified atom stereocenters. The second-order valence-corrected chi connectivity index (χ2v) is 6.26. The van der Waals surface area contributed by atoms with E-state index in [1.54, 1.807) is 25.3 Å². The SMILES string of the molecule is COc1ccc(Cl)cc1C(O)c1cc(Br)cc(Br)c1. The molecule has 2 rings (SSSR count). The smallest absolute Gasteiger partial charge is 0.125 e. The highest BCUT2D eigenvalue weighted by molar-refractivity contribution is 9.11. The average Bonchev–Trinajstić information content (AvgIpc) is 2.36. The van der Waals surface area contributed by atoms with Crippen LogP contribution in [0.15, 0.2) is 45.3 Å². The summed E-state index contributed by atoms with van der Waals surface area (Å²) in [5, 5.41) is 11.1. The molecule has 1 atom stereocenters. The van der Waals surface area contributed by atoms with Crippen LogP contribution in [0.5, 0.6) is 5.75 Å². The molecule has 2 aromatic carbocycles. The van der Waals surface area contributed by atoms with Crippen LogP contribution in [0.4, 0.5) is 0 Å². The van der Waals surface area contributed by atoms with Gasteiger partial charge in [-0.2, -0.15) is 0 Å². The van der Waals surface area contributed by atoms with Crippen molar-refractivity contribution < 1.29 is 9.84 Å². The lowest BCUT2D eigenvalue weighted by molar-refractivity contribution is 0.214. The largest absolute Gasteiger partial charge is 0.496 e. The van der Waals surface area contributed by atoms with Gasteiger partial charge in [0.05, 0.1) is 7.11 Å². The first-order valence-electron chi connectivity index (χ1n) is 5.48. The molecule has 0 saturated carbocycles. The van der Waals surface area contributed by atoms with Crippen LogP contribution in [0.25, 0.3) is 0 Å². The Bertz CT molecular complexity index is 582. The molecule has 0 radical (unpaired) electrons. The summed E-state index contributed by atoms with van der Waals surface area (Å²) in [7, 11) is 1.57. The Kier molecular flexibility index (Phi) is 4.90. The van der Waals surface area contributed by atoms with Crippen LogP contribution in [-0.2, 0) is 0 Å². The first-order chi connectivity index (χ1) is 9.01. The molecule has 100 valence electrons. The summed E-state index contributed by atoms with van der Waals surface area (Å²) in [5.74, 6) is 0.605. The predicted molar refractivity (Wildman–Crippen MR) is 83.9 cm³/mol. The van der Waals surface area contributed by atoms with Gasteiger partial charge < -0.3 is 9.84 Å². The minimum absolute atomic E-state index is 0.559. The molecule has 0 aliphatic carbocycles. The van der Waals surface area contributed by atoms with Gasteiger partial charge in [-0.15, -0.1) is 0 Å². The first-order valence-corrected chi connectivity index (χ1v) is 7.45. The summed E-state index contributed by atoms with van der Waals surface area (Å²) >= 11 is 12.8. The average molecular weight is 407 g/mol. The number of halogens is 3. The third-order valence-corrected chi connectivity index (χ3v) is 3.84. The van der Waals surface area contributed by atoms with Gasteiger partial charge in [-0.25, -0.2) is 0 Å². The number of aliphatic hydroxyl groups excluding tert-OH is 1. The fourth-order valence-corrected chi connectivity index (χ4v) is 3.34. The molecule has 0 saturated heterocycles. The van der Waals surface area contributed by atoms with Gasteiger partial charge in [-0.1, -0.05) is 43.5 Å². The van der Waals surface area contributed by atoms with Gasteiger partial charge in [0, 0.05) is 19.5 Å². The fraction of sp³-hybridized carbons (Fsp3) is 0.143. The maximum Gasteiger partial charge on any atom is 0.125 e. The second kappa shape index (κ2) is 6.27. The molecule has 0 aromatic heterocycles. The fourth-order valence-electron chi connectivity index (χ4n) is 1.83. The van der Waals surface area contributed by atoms with E-state index in [0.29, 0.717) is 16.3 Å². The van der Waals surface area contributed by atoms with Gasteiger partial charge in [0.25, 0.3) is 0 Å². The van der Waals surface area contributed by atoms with Crippen molar-refractivity contribution in [3.63, 3.8) is 0 Å². The Hall–Kier alpha value is -0.550. The van der Waals surface area contributed by atoms with Crippen LogP contribution in [0.2, 0.25) is 5.02 Å². The van der Waals surface area contributed by atoms with Crippen LogP contribution in [0, 0.1) is 0 Å². The number of ether oxygens (including phenoxy) is 1. The van der Waals surface area contributed by atoms with Crippen molar-refractivity contribution >= 4 is 43.5 Å². The normalized spacial score (nSPS) is 12.3. The van der Waals surface area contributed by atoms with E-state index >= 15 is 0 Å². The lowest BCUT2D eigenvalue weighted by Crippen LogP contribution is -2.02. The maximum atomic E-state index is 10.5. The molecule has 1 N–H and O–H groups in total. The lowest BCUT2D eigenvalue weighted by Gasteiger charge is -2.16. The maximum absolute atomic E-state index is 10.5. The zero-order valence-corrected chi connectivity index (χ0v) is 14.0. The van der Waals surface area contributed by atoms with E-state index in [2.05, 4.69) is 31.9 Å². The van der Waals surface area contributed by atoms with Crippen molar-refractivity contribution in [3.05, 3.63) is 61.5 Å². The summed E-state index contributed by atoms with van der Waals surface area (Å²) in [6.07, 6.45) is -0.803. The van der Waals surface area contributed by atoms with Crippen molar-refractivity contribution in [2.75, 3.05) is 7.11 Å². The standard InChI is InChI=1S/C14H11Br2ClO2/c1-19-13-3-2-11(17)7-12(13)14(18)8-4-9(15)6-10(16)5-8/h2-7,14,18H,1H3. The van der Waals surface area contributed by atoms with Crippen molar-refractivity contribution in [2.24, 2.45) is 0 Å². The van der Waals surface area contributed by atoms with Crippen LogP contribution in [0.3, 0.4) is 0 Å². The minimum atomic E-state index is -0.803. The zero-order valence-electron chi connectivity index (χ0n) is 10.0. The van der Waals surface area contributed by atoms with E-state index < -0.39 is 6.10 Å². The Morgan fingerprint density at radius 2 is 1.74 bits per heavy atom. The van der Waals surface area contributed by atoms with Crippen LogP contribution in [0.1, 0.15) is 17.2 Å². The Morgan fingerprint density at radius 3 is 2.32 bits per heavy atom. The van der Waals surface area contributed by atoms with E-state index in [9.17, 15) is 5.11 Å². The first kappa shape index (κ1) is 14.9. The van der Waals surface area contributed by atoms with Crippen molar-refractivity contribution in [2.45, 2.75) is 6.10 Å². The van der Waals surface area contributed by atoms with Crippen LogP contribution < -0.4 is 4.74 Å². The molecule has 2 aromatic rings. The van der Waals surface area contributed by atoms with E-state index in [1.807, 2.05) is 18.2 Å². The third kappa shape index (κ3) is 3.51. The topological polar surface area (TPSA) is 29.5 Å². The van der Waals surface area contributed by atoms with Gasteiger partial charge in [0.2, 0.25) is 0 Å². The summed E-state index contributed by atoms with van der Waals surface area (Å²) in [5.41, 5.74) is 1.39. The second-order valence-electron chi connectivity index (χ2n) is 3.99. The molecular weight excluding hydrogens is 395 g/mol. The molecule has 5 heteroatoms. The summed E-state index contributed by atoms with van der Waals surface area (Å²) in [6, 6.07) is 10.8. The Balaban J connectivity index is 2.48. The van der Waals surface area contributed by atoms with E-state index in [0.717, 1.165) is 14.5 Å². The molecule has 0 bridgehead atoms. The quantitative estimate of drug-likeness (QED) is 0.781. The Morgan fingerprint density at radius 1 is 1.11 bits per heavy atom. The number of methoxy groups -OCH3 is 1. The summed E-state index contributed by atoms with van der Waals surface area (Å²) in [4.78, 5) is 0. The van der Waals surface area contributed by atoms with Crippen molar-refractivity contribution in [3.8, 4) is 5.75 Å². The Labute approximate surface area is 133 Å². The number of rotatable bonds is 3. The molecule has 19 heavy (non-hydrogen) atoms. The molecule has 0 amide bonds. The third-order valence-electron chi connectivity index (χ3n) is 2.69. The highest BCUT2D eigenvalue weighted by atomic mass is 79.9. The summed E-state index contributed by atoms with van der Waals surface area (Å²) < 4.78 is 7.03. The van der Waals surface area contributed by atoms with Crippen LogP contribution in [-0.4, -0.2) is 12.2 Å². The number of benzene rings is 2. The van der Waals surface area contributed by atoms with E-state index in [-0.39, 0.29) is 0 Å². The highest BCUT2D eigenvalue weighted by Gasteiger charge is 2.17. The van der Waals surface area contributed by atoms with Crippen molar-refractivity contribution in [1.29, 1.82) is 0 Å². The number of aliphatic hydroxyl groups is 1. The monoisotopic (exact) mass is 404 g/mol. The van der Waals surface area contributed by atoms with Gasteiger partial charge >= 0.3 is 0 Å². The number of hydrogen-bond donors (Lipinski definition) is 1. The van der Waals surface area contributed by atoms with Gasteiger partial charge in [0.1, 0.15) is 11.9 Å².